The number of aromatic nitrogens is 1. The fourth-order valence-electron chi connectivity index (χ4n) is 0.968. The van der Waals surface area contributed by atoms with E-state index in [1.165, 1.54) is 6.07 Å². The van der Waals surface area contributed by atoms with Crippen LogP contribution in [0.5, 0.6) is 0 Å². The van der Waals surface area contributed by atoms with Crippen LogP contribution in [0, 0.1) is 6.92 Å². The maximum Gasteiger partial charge on any atom is 0.323 e. The number of carboxylic acids is 1. The lowest BCUT2D eigenvalue weighted by atomic mass is 10.4. The number of aryl methyl sites for hydroxylation is 1. The Labute approximate surface area is 107 Å². The number of hydrogen-bond acceptors (Lipinski definition) is 4. The largest absolute Gasteiger partial charge is 0.480 e. The Balaban J connectivity index is 2.98. The molecule has 6 nitrogen and oxygen atoms in total. The van der Waals surface area contributed by atoms with Crippen molar-refractivity contribution in [1.29, 1.82) is 0 Å². The highest BCUT2D eigenvalue weighted by atomic mass is 79.9. The molecule has 1 unspecified atom stereocenters. The molecule has 1 aromatic rings. The Hall–Kier alpha value is -1.15. The summed E-state index contributed by atoms with van der Waals surface area (Å²) in [5.41, 5.74) is 0.605. The van der Waals surface area contributed by atoms with Gasteiger partial charge in [0.2, 0.25) is 10.0 Å². The van der Waals surface area contributed by atoms with E-state index in [9.17, 15) is 13.2 Å². The number of sulfonamides is 1. The van der Waals surface area contributed by atoms with Crippen LogP contribution in [-0.2, 0) is 14.8 Å². The Morgan fingerprint density at radius 2 is 2.12 bits per heavy atom. The van der Waals surface area contributed by atoms with E-state index >= 15 is 0 Å². The third-order valence-electron chi connectivity index (χ3n) is 2.08. The van der Waals surface area contributed by atoms with Crippen LogP contribution in [0.25, 0.3) is 0 Å². The standard InChI is InChI=1S/C9H11BrN2O4S/c1-5-7(10)3-4-8(11-5)12-17(15,16)6(2)9(13)14/h3-4,6H,1-2H3,(H,11,12)(H,13,14). The summed E-state index contributed by atoms with van der Waals surface area (Å²) in [6, 6.07) is 3.08. The predicted octanol–water partition coefficient (Wildman–Crippen LogP) is 1.37. The van der Waals surface area contributed by atoms with Gasteiger partial charge in [0.1, 0.15) is 5.82 Å². The van der Waals surface area contributed by atoms with Crippen molar-refractivity contribution in [3.05, 3.63) is 22.3 Å². The van der Waals surface area contributed by atoms with Crippen LogP contribution >= 0.6 is 15.9 Å². The lowest BCUT2D eigenvalue weighted by Gasteiger charge is -2.11. The second-order valence-corrected chi connectivity index (χ2v) is 6.25. The molecule has 0 amide bonds. The van der Waals surface area contributed by atoms with Crippen LogP contribution in [0.2, 0.25) is 0 Å². The number of nitrogens with one attached hydrogen (secondary N) is 1. The molecule has 0 radical (unpaired) electrons. The van der Waals surface area contributed by atoms with Gasteiger partial charge in [-0.05, 0) is 41.9 Å². The number of rotatable bonds is 4. The molecule has 0 aliphatic rings. The first-order valence-corrected chi connectivity index (χ1v) is 6.95. The van der Waals surface area contributed by atoms with E-state index in [-0.39, 0.29) is 5.82 Å². The SMILES string of the molecule is Cc1nc(NS(=O)(=O)C(C)C(=O)O)ccc1Br. The summed E-state index contributed by atoms with van der Waals surface area (Å²) in [4.78, 5) is 14.6. The van der Waals surface area contributed by atoms with Gasteiger partial charge in [-0.25, -0.2) is 13.4 Å². The summed E-state index contributed by atoms with van der Waals surface area (Å²) in [5.74, 6) is -1.31. The van der Waals surface area contributed by atoms with Crippen molar-refractivity contribution >= 4 is 37.7 Å². The number of pyridine rings is 1. The zero-order valence-electron chi connectivity index (χ0n) is 9.14. The van der Waals surface area contributed by atoms with Crippen LogP contribution in [0.15, 0.2) is 16.6 Å². The minimum atomic E-state index is -3.97. The third kappa shape index (κ3) is 3.40. The molecular weight excluding hydrogens is 312 g/mol. The van der Waals surface area contributed by atoms with E-state index in [2.05, 4.69) is 25.6 Å². The van der Waals surface area contributed by atoms with Crippen molar-refractivity contribution < 1.29 is 18.3 Å². The first kappa shape index (κ1) is 13.9. The molecule has 0 aromatic carbocycles. The first-order chi connectivity index (χ1) is 7.74. The van der Waals surface area contributed by atoms with Gasteiger partial charge < -0.3 is 5.11 Å². The quantitative estimate of drug-likeness (QED) is 0.872. The number of carboxylic acid groups (broad SMARTS) is 1. The number of nitrogens with zero attached hydrogens (tertiary/aromatic N) is 1. The van der Waals surface area contributed by atoms with Gasteiger partial charge in [-0.15, -0.1) is 0 Å². The Morgan fingerprint density at radius 1 is 1.53 bits per heavy atom. The molecule has 0 saturated carbocycles. The summed E-state index contributed by atoms with van der Waals surface area (Å²) < 4.78 is 26.1. The number of carbonyl (C=O) groups is 1. The predicted molar refractivity (Wildman–Crippen MR) is 66.3 cm³/mol. The van der Waals surface area contributed by atoms with Crippen molar-refractivity contribution in [1.82, 2.24) is 4.98 Å². The molecule has 1 aromatic heterocycles. The van der Waals surface area contributed by atoms with E-state index in [0.717, 1.165) is 11.4 Å². The highest BCUT2D eigenvalue weighted by Crippen LogP contribution is 2.17. The van der Waals surface area contributed by atoms with Gasteiger partial charge in [-0.2, -0.15) is 0 Å². The molecule has 2 N–H and O–H groups in total. The van der Waals surface area contributed by atoms with Crippen LogP contribution in [-0.4, -0.2) is 29.7 Å². The molecule has 0 saturated heterocycles. The summed E-state index contributed by atoms with van der Waals surface area (Å²) in [7, 11) is -3.97. The van der Waals surface area contributed by atoms with E-state index in [0.29, 0.717) is 5.69 Å². The highest BCUT2D eigenvalue weighted by Gasteiger charge is 2.27. The van der Waals surface area contributed by atoms with Gasteiger partial charge in [-0.3, -0.25) is 9.52 Å². The van der Waals surface area contributed by atoms with Gasteiger partial charge in [0.05, 0.1) is 5.69 Å². The molecule has 17 heavy (non-hydrogen) atoms. The maximum atomic E-state index is 11.6. The monoisotopic (exact) mass is 322 g/mol. The topological polar surface area (TPSA) is 96.4 Å². The molecule has 0 aliphatic heterocycles. The first-order valence-electron chi connectivity index (χ1n) is 4.61. The minimum Gasteiger partial charge on any atom is -0.480 e. The molecule has 0 aliphatic carbocycles. The van der Waals surface area contributed by atoms with Gasteiger partial charge in [0.25, 0.3) is 0 Å². The third-order valence-corrected chi connectivity index (χ3v) is 4.55. The van der Waals surface area contributed by atoms with Gasteiger partial charge in [0.15, 0.2) is 5.25 Å². The zero-order chi connectivity index (χ0) is 13.2. The second-order valence-electron chi connectivity index (χ2n) is 3.39. The Morgan fingerprint density at radius 3 is 2.59 bits per heavy atom. The van der Waals surface area contributed by atoms with Crippen molar-refractivity contribution in [2.75, 3.05) is 4.72 Å². The number of halogens is 1. The van der Waals surface area contributed by atoms with Crippen molar-refractivity contribution in [2.45, 2.75) is 19.1 Å². The van der Waals surface area contributed by atoms with Crippen LogP contribution in [0.4, 0.5) is 5.82 Å². The molecule has 0 spiro atoms. The van der Waals surface area contributed by atoms with Gasteiger partial charge in [-0.1, -0.05) is 0 Å². The number of aliphatic carboxylic acids is 1. The minimum absolute atomic E-state index is 0.0961. The van der Waals surface area contributed by atoms with Gasteiger partial charge >= 0.3 is 5.97 Å². The van der Waals surface area contributed by atoms with Crippen LogP contribution in [0.1, 0.15) is 12.6 Å². The fourth-order valence-corrected chi connectivity index (χ4v) is 2.04. The normalized spacial score (nSPS) is 13.1. The molecule has 0 bridgehead atoms. The van der Waals surface area contributed by atoms with Crippen LogP contribution in [0.3, 0.4) is 0 Å². The molecule has 1 rings (SSSR count). The van der Waals surface area contributed by atoms with Crippen LogP contribution < -0.4 is 4.72 Å². The zero-order valence-corrected chi connectivity index (χ0v) is 11.5. The molecular formula is C9H11BrN2O4S. The summed E-state index contributed by atoms with van der Waals surface area (Å²) >= 11 is 3.23. The number of anilines is 1. The van der Waals surface area contributed by atoms with E-state index < -0.39 is 21.2 Å². The Bertz CT molecular complexity index is 544. The molecule has 1 heterocycles. The average molecular weight is 323 g/mol. The highest BCUT2D eigenvalue weighted by molar-refractivity contribution is 9.10. The fraction of sp³-hybridized carbons (Fsp3) is 0.333. The van der Waals surface area contributed by atoms with E-state index in [1.54, 1.807) is 13.0 Å². The summed E-state index contributed by atoms with van der Waals surface area (Å²) in [6.45, 7) is 2.79. The lowest BCUT2D eigenvalue weighted by molar-refractivity contribution is -0.136. The smallest absolute Gasteiger partial charge is 0.323 e. The van der Waals surface area contributed by atoms with Crippen molar-refractivity contribution in [2.24, 2.45) is 0 Å². The maximum absolute atomic E-state index is 11.6. The lowest BCUT2D eigenvalue weighted by Crippen LogP contribution is -2.32. The number of hydrogen-bond donors (Lipinski definition) is 2. The van der Waals surface area contributed by atoms with E-state index in [1.807, 2.05) is 0 Å². The summed E-state index contributed by atoms with van der Waals surface area (Å²) in [5, 5.41) is 7.11. The average Bonchev–Trinajstić information content (AvgIpc) is 2.22. The molecule has 8 heteroatoms. The van der Waals surface area contributed by atoms with Crippen molar-refractivity contribution in [3.63, 3.8) is 0 Å². The van der Waals surface area contributed by atoms with Crippen molar-refractivity contribution in [3.8, 4) is 0 Å². The van der Waals surface area contributed by atoms with Gasteiger partial charge in [0, 0.05) is 4.47 Å². The molecule has 1 atom stereocenters. The molecule has 0 fully saturated rings. The second kappa shape index (κ2) is 5.01. The van der Waals surface area contributed by atoms with E-state index in [4.69, 9.17) is 5.11 Å². The molecule has 94 valence electrons. The Kier molecular flexibility index (Phi) is 4.10. The summed E-state index contributed by atoms with van der Waals surface area (Å²) in [6.07, 6.45) is 0.